The predicted molar refractivity (Wildman–Crippen MR) is 121 cm³/mol. The van der Waals surface area contributed by atoms with Gasteiger partial charge in [-0.1, -0.05) is 23.7 Å². The van der Waals surface area contributed by atoms with Gasteiger partial charge in [-0.3, -0.25) is 9.59 Å². The van der Waals surface area contributed by atoms with E-state index < -0.39 is 5.82 Å². The molecular formula is C24H20ClFN4O2. The Bertz CT molecular complexity index is 1390. The van der Waals surface area contributed by atoms with E-state index in [2.05, 4.69) is 10.4 Å². The molecule has 0 spiro atoms. The van der Waals surface area contributed by atoms with Crippen molar-refractivity contribution in [3.8, 4) is 0 Å². The fourth-order valence-corrected chi connectivity index (χ4v) is 4.30. The van der Waals surface area contributed by atoms with Crippen molar-refractivity contribution in [2.75, 3.05) is 5.32 Å². The zero-order chi connectivity index (χ0) is 22.2. The Kier molecular flexibility index (Phi) is 5.27. The third-order valence-electron chi connectivity index (χ3n) is 5.78. The third-order valence-corrected chi connectivity index (χ3v) is 6.07. The van der Waals surface area contributed by atoms with Crippen LogP contribution in [0.2, 0.25) is 5.02 Å². The average Bonchev–Trinajstić information content (AvgIpc) is 3.18. The minimum Gasteiger partial charge on any atom is -0.322 e. The van der Waals surface area contributed by atoms with Gasteiger partial charge in [0.05, 0.1) is 17.3 Å². The minimum absolute atomic E-state index is 0.0555. The van der Waals surface area contributed by atoms with E-state index in [9.17, 15) is 14.0 Å². The van der Waals surface area contributed by atoms with Crippen LogP contribution in [-0.2, 0) is 19.4 Å². The van der Waals surface area contributed by atoms with Gasteiger partial charge >= 0.3 is 0 Å². The van der Waals surface area contributed by atoms with Crippen LogP contribution in [0, 0.1) is 5.82 Å². The maximum atomic E-state index is 13.3. The summed E-state index contributed by atoms with van der Waals surface area (Å²) in [5.41, 5.74) is 4.46. The van der Waals surface area contributed by atoms with Crippen LogP contribution in [0.15, 0.2) is 59.7 Å². The van der Waals surface area contributed by atoms with Crippen molar-refractivity contribution < 1.29 is 9.18 Å². The molecule has 1 aliphatic rings. The SMILES string of the molecule is O=C(Nc1ccc(F)c(Cl)c1)c1ccc(Cn2ccn3nc4c(c3c2=O)CCCC4)cc1. The van der Waals surface area contributed by atoms with Crippen molar-refractivity contribution in [1.82, 2.24) is 14.2 Å². The summed E-state index contributed by atoms with van der Waals surface area (Å²) in [5, 5.41) is 7.21. The van der Waals surface area contributed by atoms with Crippen LogP contribution in [0.25, 0.3) is 5.52 Å². The van der Waals surface area contributed by atoms with Crippen molar-refractivity contribution in [2.45, 2.75) is 32.2 Å². The predicted octanol–water partition coefficient (Wildman–Crippen LogP) is 4.47. The van der Waals surface area contributed by atoms with Gasteiger partial charge in [0.2, 0.25) is 0 Å². The van der Waals surface area contributed by atoms with E-state index in [1.165, 1.54) is 18.2 Å². The highest BCUT2D eigenvalue weighted by Gasteiger charge is 2.19. The molecule has 5 rings (SSSR count). The van der Waals surface area contributed by atoms with Gasteiger partial charge in [-0.25, -0.2) is 8.91 Å². The molecule has 2 heterocycles. The van der Waals surface area contributed by atoms with Gasteiger partial charge in [0, 0.05) is 29.2 Å². The van der Waals surface area contributed by atoms with E-state index in [4.69, 9.17) is 11.6 Å². The van der Waals surface area contributed by atoms with Gasteiger partial charge in [-0.05, 0) is 61.6 Å². The number of halogens is 2. The summed E-state index contributed by atoms with van der Waals surface area (Å²) in [6, 6.07) is 11.0. The number of hydrogen-bond donors (Lipinski definition) is 1. The van der Waals surface area contributed by atoms with E-state index >= 15 is 0 Å². The summed E-state index contributed by atoms with van der Waals surface area (Å²) in [7, 11) is 0. The number of hydrogen-bond acceptors (Lipinski definition) is 3. The highest BCUT2D eigenvalue weighted by atomic mass is 35.5. The maximum absolute atomic E-state index is 13.3. The zero-order valence-electron chi connectivity index (χ0n) is 17.1. The van der Waals surface area contributed by atoms with E-state index in [1.807, 2.05) is 18.3 Å². The lowest BCUT2D eigenvalue weighted by atomic mass is 9.97. The van der Waals surface area contributed by atoms with Crippen LogP contribution in [0.3, 0.4) is 0 Å². The Balaban J connectivity index is 1.35. The Morgan fingerprint density at radius 3 is 2.66 bits per heavy atom. The molecule has 0 fully saturated rings. The van der Waals surface area contributed by atoms with Crippen molar-refractivity contribution in [2.24, 2.45) is 0 Å². The summed E-state index contributed by atoms with van der Waals surface area (Å²) in [4.78, 5) is 25.6. The molecule has 8 heteroatoms. The molecule has 0 unspecified atom stereocenters. The van der Waals surface area contributed by atoms with Gasteiger partial charge < -0.3 is 9.88 Å². The molecule has 0 radical (unpaired) electrons. The molecule has 1 N–H and O–H groups in total. The monoisotopic (exact) mass is 450 g/mol. The topological polar surface area (TPSA) is 68.4 Å². The Morgan fingerprint density at radius 2 is 1.88 bits per heavy atom. The summed E-state index contributed by atoms with van der Waals surface area (Å²) in [6.45, 7) is 0.394. The molecule has 2 aromatic carbocycles. The zero-order valence-corrected chi connectivity index (χ0v) is 17.9. The summed E-state index contributed by atoms with van der Waals surface area (Å²) in [5.74, 6) is -0.873. The number of fused-ring (bicyclic) bond motifs is 3. The molecule has 1 aliphatic carbocycles. The number of benzene rings is 2. The first-order valence-corrected chi connectivity index (χ1v) is 10.8. The summed E-state index contributed by atoms with van der Waals surface area (Å²) in [6.07, 6.45) is 7.57. The van der Waals surface area contributed by atoms with E-state index in [1.54, 1.807) is 27.4 Å². The molecule has 0 atom stereocenters. The number of amides is 1. The fourth-order valence-electron chi connectivity index (χ4n) is 4.12. The van der Waals surface area contributed by atoms with Gasteiger partial charge in [0.1, 0.15) is 11.3 Å². The van der Waals surface area contributed by atoms with Crippen molar-refractivity contribution in [3.05, 3.63) is 98.4 Å². The smallest absolute Gasteiger partial charge is 0.277 e. The Morgan fingerprint density at radius 1 is 1.09 bits per heavy atom. The number of nitrogens with zero attached hydrogens (tertiary/aromatic N) is 3. The van der Waals surface area contributed by atoms with Crippen LogP contribution < -0.4 is 10.9 Å². The number of carbonyl (C=O) groups excluding carboxylic acids is 1. The molecule has 0 saturated heterocycles. The molecule has 1 amide bonds. The average molecular weight is 451 g/mol. The van der Waals surface area contributed by atoms with Gasteiger partial charge in [-0.2, -0.15) is 5.10 Å². The van der Waals surface area contributed by atoms with Gasteiger partial charge in [0.15, 0.2) is 0 Å². The van der Waals surface area contributed by atoms with E-state index in [0.29, 0.717) is 23.3 Å². The number of aryl methyl sites for hydroxylation is 2. The number of carbonyl (C=O) groups is 1. The van der Waals surface area contributed by atoms with Crippen molar-refractivity contribution >= 4 is 28.7 Å². The second-order valence-electron chi connectivity index (χ2n) is 7.94. The van der Waals surface area contributed by atoms with Crippen molar-refractivity contribution in [1.29, 1.82) is 0 Å². The lowest BCUT2D eigenvalue weighted by Gasteiger charge is -2.10. The highest BCUT2D eigenvalue weighted by molar-refractivity contribution is 6.31. The maximum Gasteiger partial charge on any atom is 0.277 e. The van der Waals surface area contributed by atoms with Gasteiger partial charge in [-0.15, -0.1) is 0 Å². The Labute approximate surface area is 188 Å². The first-order valence-electron chi connectivity index (χ1n) is 10.4. The fraction of sp³-hybridized carbons (Fsp3) is 0.208. The van der Waals surface area contributed by atoms with Crippen LogP contribution in [-0.4, -0.2) is 20.1 Å². The molecule has 0 saturated carbocycles. The van der Waals surface area contributed by atoms with Crippen LogP contribution >= 0.6 is 11.6 Å². The first-order chi connectivity index (χ1) is 15.5. The molecule has 4 aromatic rings. The molecule has 32 heavy (non-hydrogen) atoms. The van der Waals surface area contributed by atoms with E-state index in [-0.39, 0.29) is 16.5 Å². The van der Waals surface area contributed by atoms with Crippen LogP contribution in [0.4, 0.5) is 10.1 Å². The first kappa shape index (κ1) is 20.5. The second-order valence-corrected chi connectivity index (χ2v) is 8.34. The minimum atomic E-state index is -0.543. The number of aromatic nitrogens is 3. The molecule has 0 aliphatic heterocycles. The largest absolute Gasteiger partial charge is 0.322 e. The molecule has 0 bridgehead atoms. The standard InChI is InChI=1S/C24H20ClFN4O2/c25-19-13-17(9-10-20(19)26)27-23(31)16-7-5-15(6-8-16)14-29-11-12-30-22(24(29)32)18-3-1-2-4-21(18)28-30/h5-13H,1-4,14H2,(H,27,31). The normalized spacial score (nSPS) is 13.2. The second kappa shape index (κ2) is 8.24. The Hall–Kier alpha value is -3.45. The number of rotatable bonds is 4. The lowest BCUT2D eigenvalue weighted by Crippen LogP contribution is -2.23. The summed E-state index contributed by atoms with van der Waals surface area (Å²) >= 11 is 5.76. The highest BCUT2D eigenvalue weighted by Crippen LogP contribution is 2.23. The quantitative estimate of drug-likeness (QED) is 0.499. The third kappa shape index (κ3) is 3.80. The summed E-state index contributed by atoms with van der Waals surface area (Å²) < 4.78 is 16.7. The molecule has 162 valence electrons. The van der Waals surface area contributed by atoms with Crippen LogP contribution in [0.5, 0.6) is 0 Å². The molecule has 2 aromatic heterocycles. The lowest BCUT2D eigenvalue weighted by molar-refractivity contribution is 0.102. The van der Waals surface area contributed by atoms with Crippen molar-refractivity contribution in [3.63, 3.8) is 0 Å². The number of anilines is 1. The van der Waals surface area contributed by atoms with Gasteiger partial charge in [0.25, 0.3) is 11.5 Å². The van der Waals surface area contributed by atoms with Crippen LogP contribution in [0.1, 0.15) is 40.0 Å². The molecular weight excluding hydrogens is 431 g/mol. The number of nitrogens with one attached hydrogen (secondary N) is 1. The van der Waals surface area contributed by atoms with E-state index in [0.717, 1.165) is 42.5 Å². The molecule has 6 nitrogen and oxygen atoms in total.